The number of nitrogens with zero attached hydrogens (tertiary/aromatic N) is 3. The van der Waals surface area contributed by atoms with Crippen LogP contribution in [-0.4, -0.2) is 99.3 Å². The molecule has 3 amide bonds. The average Bonchev–Trinajstić information content (AvgIpc) is 3.49. The van der Waals surface area contributed by atoms with Gasteiger partial charge in [-0.3, -0.25) is 29.3 Å². The van der Waals surface area contributed by atoms with Gasteiger partial charge in [-0.25, -0.2) is 0 Å². The van der Waals surface area contributed by atoms with Crippen molar-refractivity contribution in [2.24, 2.45) is 17.2 Å². The maximum absolute atomic E-state index is 11.9. The highest BCUT2D eigenvalue weighted by molar-refractivity contribution is 6.43. The van der Waals surface area contributed by atoms with Crippen LogP contribution in [0.15, 0.2) is 116 Å². The van der Waals surface area contributed by atoms with Gasteiger partial charge >= 0.3 is 0 Å². The fraction of sp³-hybridized carbons (Fsp3) is 0.158. The van der Waals surface area contributed by atoms with E-state index in [0.29, 0.717) is 118 Å². The molecule has 0 atom stereocenters. The van der Waals surface area contributed by atoms with Crippen molar-refractivity contribution in [1.29, 1.82) is 0 Å². The highest BCUT2D eigenvalue weighted by Gasteiger charge is 2.21. The second kappa shape index (κ2) is 26.1. The summed E-state index contributed by atoms with van der Waals surface area (Å²) >= 11 is 12.3. The third-order valence-electron chi connectivity index (χ3n) is 12.2. The van der Waals surface area contributed by atoms with Gasteiger partial charge in [0, 0.05) is 77.0 Å². The molecular weight excluding hydrogens is 1070 g/mol. The Morgan fingerprint density at radius 2 is 0.863 bits per heavy atom. The molecule has 11 N–H and O–H groups in total. The molecule has 0 aliphatic rings. The number of amides is 3. The van der Waals surface area contributed by atoms with Crippen molar-refractivity contribution in [3.05, 3.63) is 148 Å². The monoisotopic (exact) mass is 1130 g/mol. The summed E-state index contributed by atoms with van der Waals surface area (Å²) in [6, 6.07) is 27.9. The minimum Gasteiger partial charge on any atom is -0.504 e. The van der Waals surface area contributed by atoms with E-state index in [-0.39, 0.29) is 29.0 Å². The van der Waals surface area contributed by atoms with Crippen molar-refractivity contribution in [1.82, 2.24) is 15.0 Å². The van der Waals surface area contributed by atoms with Crippen LogP contribution in [0.25, 0.3) is 32.7 Å². The van der Waals surface area contributed by atoms with E-state index < -0.39 is 17.7 Å². The van der Waals surface area contributed by atoms with Crippen molar-refractivity contribution in [2.75, 3.05) is 72.3 Å². The maximum atomic E-state index is 11.9. The van der Waals surface area contributed by atoms with Crippen LogP contribution in [0.4, 0.5) is 34.1 Å². The number of nitrogens with one attached hydrogen (secondary N) is 3. The summed E-state index contributed by atoms with van der Waals surface area (Å²) in [6.07, 6.45) is 4.82. The number of aromatic nitrogens is 3. The molecule has 0 bridgehead atoms. The molecule has 414 valence electrons. The predicted octanol–water partition coefficient (Wildman–Crippen LogP) is 9.84. The first-order chi connectivity index (χ1) is 38.5. The van der Waals surface area contributed by atoms with Gasteiger partial charge in [0.25, 0.3) is 17.7 Å². The molecule has 9 rings (SSSR count). The fourth-order valence-electron chi connectivity index (χ4n) is 8.20. The van der Waals surface area contributed by atoms with E-state index in [1.165, 1.54) is 60.2 Å². The lowest BCUT2D eigenvalue weighted by atomic mass is 10.1. The molecule has 0 aliphatic carbocycles. The number of rotatable bonds is 18. The Morgan fingerprint density at radius 3 is 1.24 bits per heavy atom. The minimum absolute atomic E-state index is 0.0410. The number of phenols is 1. The molecule has 80 heavy (non-hydrogen) atoms. The van der Waals surface area contributed by atoms with Crippen LogP contribution in [0.1, 0.15) is 36.6 Å². The predicted molar refractivity (Wildman–Crippen MR) is 308 cm³/mol. The summed E-state index contributed by atoms with van der Waals surface area (Å²) in [5, 5.41) is 31.2. The van der Waals surface area contributed by atoms with E-state index in [1.807, 2.05) is 24.3 Å². The Morgan fingerprint density at radius 1 is 0.487 bits per heavy atom. The number of primary amides is 3. The Hall–Kier alpha value is -9.70. The number of benzene rings is 6. The lowest BCUT2D eigenvalue weighted by Gasteiger charge is -2.16. The van der Waals surface area contributed by atoms with Gasteiger partial charge in [0.1, 0.15) is 0 Å². The number of aliphatic hydroxyl groups is 1. The van der Waals surface area contributed by atoms with Crippen molar-refractivity contribution in [2.45, 2.75) is 6.42 Å². The Bertz CT molecular complexity index is 3780. The van der Waals surface area contributed by atoms with E-state index in [2.05, 4.69) is 30.9 Å². The number of halogens is 2. The van der Waals surface area contributed by atoms with Gasteiger partial charge in [-0.1, -0.05) is 41.4 Å². The first-order valence-corrected chi connectivity index (χ1v) is 24.6. The van der Waals surface area contributed by atoms with Crippen LogP contribution in [0.5, 0.6) is 46.0 Å². The number of ether oxygens (including phenoxy) is 7. The number of hydrogen-bond donors (Lipinski definition) is 8. The number of methoxy groups -OCH3 is 7. The smallest absolute Gasteiger partial charge is 0.252 e. The zero-order valence-corrected chi connectivity index (χ0v) is 45.7. The molecule has 0 saturated heterocycles. The molecule has 23 heteroatoms. The SMILES string of the molecule is COc1cc2ncc(C(N)=O)c(Nc3ccc(CCO)cc3)c2cc1OC.COc1cc2ncc(C(N)=O)c(Nc3cccc(Cl)c3Cl)c2cc1OC.COc1ccc(Nc2c(C(N)=O)cnc3cc(OC)c(OC)cc23)cc1O. The third-order valence-corrected chi connectivity index (χ3v) is 13.0. The van der Waals surface area contributed by atoms with Crippen molar-refractivity contribution < 1.29 is 57.8 Å². The summed E-state index contributed by atoms with van der Waals surface area (Å²) < 4.78 is 37.0. The summed E-state index contributed by atoms with van der Waals surface area (Å²) in [5.41, 5.74) is 23.4. The highest BCUT2D eigenvalue weighted by atomic mass is 35.5. The largest absolute Gasteiger partial charge is 0.504 e. The first kappa shape index (κ1) is 58.0. The van der Waals surface area contributed by atoms with Crippen molar-refractivity contribution in [3.63, 3.8) is 0 Å². The first-order valence-electron chi connectivity index (χ1n) is 23.9. The van der Waals surface area contributed by atoms with E-state index >= 15 is 0 Å². The zero-order chi connectivity index (χ0) is 57.8. The molecule has 3 heterocycles. The normalized spacial score (nSPS) is 10.6. The quantitative estimate of drug-likeness (QED) is 0.0396. The van der Waals surface area contributed by atoms with E-state index in [0.717, 1.165) is 11.3 Å². The number of carbonyl (C=O) groups excluding carboxylic acids is 3. The summed E-state index contributed by atoms with van der Waals surface area (Å²) in [5.74, 6) is 1.51. The summed E-state index contributed by atoms with van der Waals surface area (Å²) in [4.78, 5) is 48.7. The topological polar surface area (TPSA) is 309 Å². The standard InChI is InChI=1S/C20H21N3O4.C19H19N3O5.C18H15Cl2N3O3/c1-26-17-9-14-16(10-18(17)27-2)22-11-15(20(21)25)19(14)23-13-5-3-12(4-6-13)7-8-24;1-25-15-5-4-10(6-14(15)23)22-18-11-7-16(26-2)17(27-3)8-13(11)21-9-12(18)19(20)24;1-25-14-6-9-13(7-15(14)26-2)22-8-10(18(21)24)17(9)23-12-5-3-4-11(19)16(12)20/h3-6,9-11,24H,7-8H2,1-2H3,(H2,21,25)(H,22,23);4-9,23H,1-3H3,(H2,20,24)(H,21,22);3-8H,1-2H3,(H2,21,24)(H,22,23). The summed E-state index contributed by atoms with van der Waals surface area (Å²) in [7, 11) is 10.7. The van der Waals surface area contributed by atoms with E-state index in [1.54, 1.807) is 80.9 Å². The Labute approximate surface area is 468 Å². The van der Waals surface area contributed by atoms with Gasteiger partial charge in [0.2, 0.25) is 0 Å². The number of nitrogens with two attached hydrogens (primary N) is 3. The molecule has 0 fully saturated rings. The van der Waals surface area contributed by atoms with Gasteiger partial charge < -0.3 is 76.5 Å². The zero-order valence-electron chi connectivity index (χ0n) is 44.2. The van der Waals surface area contributed by atoms with Crippen LogP contribution < -0.4 is 66.3 Å². The average molecular weight is 1130 g/mol. The molecule has 0 spiro atoms. The lowest BCUT2D eigenvalue weighted by molar-refractivity contribution is 0.0992. The molecule has 0 aliphatic heterocycles. The molecule has 0 unspecified atom stereocenters. The maximum Gasteiger partial charge on any atom is 0.252 e. The van der Waals surface area contributed by atoms with Gasteiger partial charge in [-0.2, -0.15) is 0 Å². The number of phenolic OH excluding ortho intramolecular Hbond substituents is 1. The Balaban J connectivity index is 0.000000173. The van der Waals surface area contributed by atoms with Gasteiger partial charge in [-0.15, -0.1) is 0 Å². The van der Waals surface area contributed by atoms with Gasteiger partial charge in [0.15, 0.2) is 46.0 Å². The number of carbonyl (C=O) groups is 3. The Kier molecular flexibility index (Phi) is 18.9. The van der Waals surface area contributed by atoms with Crippen molar-refractivity contribution >= 4 is 108 Å². The van der Waals surface area contributed by atoms with Crippen LogP contribution in [-0.2, 0) is 6.42 Å². The van der Waals surface area contributed by atoms with Crippen molar-refractivity contribution in [3.8, 4) is 46.0 Å². The lowest BCUT2D eigenvalue weighted by Crippen LogP contribution is -2.14. The van der Waals surface area contributed by atoms with Crippen LogP contribution >= 0.6 is 23.2 Å². The number of anilines is 6. The molecule has 6 aromatic carbocycles. The minimum atomic E-state index is -0.639. The molecular formula is C57H55Cl2N9O12. The number of pyridine rings is 3. The fourth-order valence-corrected chi connectivity index (χ4v) is 8.54. The van der Waals surface area contributed by atoms with Gasteiger partial charge in [0.05, 0.1) is 116 Å². The number of fused-ring (bicyclic) bond motifs is 3. The van der Waals surface area contributed by atoms with E-state index in [9.17, 15) is 19.5 Å². The van der Waals surface area contributed by atoms with Crippen LogP contribution in [0.3, 0.4) is 0 Å². The molecule has 3 aromatic heterocycles. The number of aromatic hydroxyl groups is 1. The van der Waals surface area contributed by atoms with Gasteiger partial charge in [-0.05, 0) is 66.6 Å². The molecule has 0 radical (unpaired) electrons. The molecule has 21 nitrogen and oxygen atoms in total. The second-order valence-corrected chi connectivity index (χ2v) is 17.7. The highest BCUT2D eigenvalue weighted by Crippen LogP contribution is 2.42. The number of hydrogen-bond acceptors (Lipinski definition) is 18. The van der Waals surface area contributed by atoms with Crippen LogP contribution in [0, 0.1) is 0 Å². The molecule has 9 aromatic rings. The van der Waals surface area contributed by atoms with Crippen LogP contribution in [0.2, 0.25) is 10.0 Å². The third kappa shape index (κ3) is 12.8. The van der Waals surface area contributed by atoms with E-state index in [4.69, 9.17) is 78.7 Å². The summed E-state index contributed by atoms with van der Waals surface area (Å²) in [6.45, 7) is 0.0925. The second-order valence-electron chi connectivity index (χ2n) is 16.9. The molecule has 0 saturated carbocycles. The number of aliphatic hydroxyl groups excluding tert-OH is 1.